The Kier molecular flexibility index (Phi) is 33.9. The lowest BCUT2D eigenvalue weighted by Crippen LogP contribution is -2.29. The molecule has 0 rings (SSSR count). The minimum absolute atomic E-state index is 0.0447. The summed E-state index contributed by atoms with van der Waals surface area (Å²) in [5, 5.41) is 0. The third-order valence-corrected chi connectivity index (χ3v) is 8.34. The molecule has 0 spiro atoms. The van der Waals surface area contributed by atoms with Crippen molar-refractivity contribution in [2.45, 2.75) is 148 Å². The van der Waals surface area contributed by atoms with Gasteiger partial charge in [0.05, 0.1) is 13.2 Å². The standard InChI is InChI=1S/C39H68NO8P/c1-3-5-7-9-11-13-15-16-17-18-19-20-22-23-25-27-29-31-38(41)45-35-37(36-47-49(43,44)46-34-33-40)48-39(42)32-30-28-26-24-21-14-12-10-8-6-4-2/h7,9-10,12-13,15,17-18,20,22,37H,3-6,8,11,14,16,19,21,23-36,40H2,1-2H3,(H,43,44)/b9-7+,12-10+,15-13+,18-17+,22-20+/t37-/m0/s1. The molecule has 2 atom stereocenters. The average Bonchev–Trinajstić information content (AvgIpc) is 3.08. The Morgan fingerprint density at radius 3 is 1.69 bits per heavy atom. The molecule has 0 fully saturated rings. The first-order valence-electron chi connectivity index (χ1n) is 18.8. The van der Waals surface area contributed by atoms with Gasteiger partial charge in [-0.15, -0.1) is 0 Å². The summed E-state index contributed by atoms with van der Waals surface area (Å²) in [6.07, 6.45) is 39.7. The van der Waals surface area contributed by atoms with E-state index >= 15 is 0 Å². The van der Waals surface area contributed by atoms with E-state index in [-0.39, 0.29) is 32.6 Å². The predicted molar refractivity (Wildman–Crippen MR) is 201 cm³/mol. The number of esters is 2. The van der Waals surface area contributed by atoms with Gasteiger partial charge in [-0.25, -0.2) is 4.57 Å². The van der Waals surface area contributed by atoms with Crippen LogP contribution in [0, 0.1) is 0 Å². The van der Waals surface area contributed by atoms with Gasteiger partial charge in [-0.1, -0.05) is 120 Å². The maximum Gasteiger partial charge on any atom is 0.472 e. The van der Waals surface area contributed by atoms with Crippen molar-refractivity contribution < 1.29 is 37.6 Å². The van der Waals surface area contributed by atoms with E-state index < -0.39 is 32.5 Å². The summed E-state index contributed by atoms with van der Waals surface area (Å²) in [6, 6.07) is 0. The number of phosphoric acid groups is 1. The summed E-state index contributed by atoms with van der Waals surface area (Å²) in [7, 11) is -4.38. The molecule has 3 N–H and O–H groups in total. The minimum Gasteiger partial charge on any atom is -0.462 e. The zero-order valence-corrected chi connectivity index (χ0v) is 31.5. The molecule has 0 bridgehead atoms. The van der Waals surface area contributed by atoms with Crippen LogP contribution in [0.2, 0.25) is 0 Å². The van der Waals surface area contributed by atoms with Gasteiger partial charge in [0.25, 0.3) is 0 Å². The first kappa shape index (κ1) is 46.7. The van der Waals surface area contributed by atoms with Gasteiger partial charge in [0.1, 0.15) is 6.61 Å². The summed E-state index contributed by atoms with van der Waals surface area (Å²) >= 11 is 0. The van der Waals surface area contributed by atoms with Crippen LogP contribution in [0.1, 0.15) is 142 Å². The molecule has 0 aromatic heterocycles. The fraction of sp³-hybridized carbons (Fsp3) is 0.692. The fourth-order valence-corrected chi connectivity index (χ4v) is 5.31. The number of ether oxygens (including phenoxy) is 2. The van der Waals surface area contributed by atoms with Crippen molar-refractivity contribution >= 4 is 19.8 Å². The zero-order valence-electron chi connectivity index (χ0n) is 30.7. The summed E-state index contributed by atoms with van der Waals surface area (Å²) in [5.74, 6) is -0.884. The van der Waals surface area contributed by atoms with Crippen molar-refractivity contribution in [2.24, 2.45) is 5.73 Å². The molecule has 0 aliphatic carbocycles. The molecule has 0 radical (unpaired) electrons. The van der Waals surface area contributed by atoms with Crippen LogP contribution < -0.4 is 5.73 Å². The fourth-order valence-electron chi connectivity index (χ4n) is 4.54. The number of carbonyl (C=O) groups is 2. The van der Waals surface area contributed by atoms with Gasteiger partial charge in [-0.2, -0.15) is 0 Å². The largest absolute Gasteiger partial charge is 0.472 e. The van der Waals surface area contributed by atoms with Gasteiger partial charge in [0.15, 0.2) is 6.10 Å². The number of unbranched alkanes of at least 4 members (excludes halogenated alkanes) is 11. The average molecular weight is 710 g/mol. The highest BCUT2D eigenvalue weighted by molar-refractivity contribution is 7.47. The van der Waals surface area contributed by atoms with Crippen molar-refractivity contribution in [3.05, 3.63) is 60.8 Å². The van der Waals surface area contributed by atoms with E-state index in [0.29, 0.717) is 12.8 Å². The number of phosphoric ester groups is 1. The molecule has 0 aromatic carbocycles. The summed E-state index contributed by atoms with van der Waals surface area (Å²) in [6.45, 7) is 3.54. The van der Waals surface area contributed by atoms with Crippen LogP contribution in [-0.4, -0.2) is 49.3 Å². The van der Waals surface area contributed by atoms with Crippen LogP contribution in [0.4, 0.5) is 0 Å². The van der Waals surface area contributed by atoms with Crippen LogP contribution >= 0.6 is 7.82 Å². The molecule has 0 aliphatic heterocycles. The lowest BCUT2D eigenvalue weighted by atomic mass is 10.1. The van der Waals surface area contributed by atoms with E-state index in [1.165, 1.54) is 19.3 Å². The van der Waals surface area contributed by atoms with Crippen molar-refractivity contribution in [3.8, 4) is 0 Å². The molecule has 1 unspecified atom stereocenters. The molecule has 10 heteroatoms. The molecular weight excluding hydrogens is 641 g/mol. The zero-order chi connectivity index (χ0) is 36.1. The maximum absolute atomic E-state index is 12.5. The highest BCUT2D eigenvalue weighted by Gasteiger charge is 2.25. The normalized spacial score (nSPS) is 14.1. The van der Waals surface area contributed by atoms with Crippen LogP contribution in [0.15, 0.2) is 60.8 Å². The minimum atomic E-state index is -4.38. The molecule has 0 aromatic rings. The number of rotatable bonds is 34. The lowest BCUT2D eigenvalue weighted by molar-refractivity contribution is -0.161. The van der Waals surface area contributed by atoms with Crippen LogP contribution in [0.25, 0.3) is 0 Å². The maximum atomic E-state index is 12.5. The van der Waals surface area contributed by atoms with E-state index in [1.807, 2.05) is 0 Å². The highest BCUT2D eigenvalue weighted by atomic mass is 31.2. The van der Waals surface area contributed by atoms with E-state index in [9.17, 15) is 19.0 Å². The first-order chi connectivity index (χ1) is 23.8. The summed E-state index contributed by atoms with van der Waals surface area (Å²) in [5.41, 5.74) is 5.32. The molecule has 0 heterocycles. The van der Waals surface area contributed by atoms with Crippen LogP contribution in [-0.2, 0) is 32.7 Å². The second kappa shape index (κ2) is 35.5. The molecule has 9 nitrogen and oxygen atoms in total. The Morgan fingerprint density at radius 2 is 1.10 bits per heavy atom. The second-order valence-corrected chi connectivity index (χ2v) is 13.5. The lowest BCUT2D eigenvalue weighted by Gasteiger charge is -2.19. The first-order valence-corrected chi connectivity index (χ1v) is 20.3. The van der Waals surface area contributed by atoms with E-state index in [1.54, 1.807) is 0 Å². The quantitative estimate of drug-likeness (QED) is 0.0290. The molecule has 0 aliphatic rings. The number of allylic oxidation sites excluding steroid dienone is 10. The Hall–Kier alpha value is -2.29. The van der Waals surface area contributed by atoms with E-state index in [2.05, 4.69) is 74.6 Å². The molecule has 282 valence electrons. The summed E-state index contributed by atoms with van der Waals surface area (Å²) < 4.78 is 32.6. The Morgan fingerprint density at radius 1 is 0.612 bits per heavy atom. The number of carbonyl (C=O) groups excluding carboxylic acids is 2. The molecule has 49 heavy (non-hydrogen) atoms. The number of nitrogens with two attached hydrogens (primary N) is 1. The van der Waals surface area contributed by atoms with Crippen LogP contribution in [0.5, 0.6) is 0 Å². The molecule has 0 amide bonds. The number of hydrogen-bond acceptors (Lipinski definition) is 8. The third-order valence-electron chi connectivity index (χ3n) is 7.36. The monoisotopic (exact) mass is 709 g/mol. The highest BCUT2D eigenvalue weighted by Crippen LogP contribution is 2.43. The smallest absolute Gasteiger partial charge is 0.462 e. The van der Waals surface area contributed by atoms with Crippen molar-refractivity contribution in [2.75, 3.05) is 26.4 Å². The van der Waals surface area contributed by atoms with Crippen molar-refractivity contribution in [1.29, 1.82) is 0 Å². The van der Waals surface area contributed by atoms with Gasteiger partial charge >= 0.3 is 19.8 Å². The Balaban J connectivity index is 4.30. The Bertz CT molecular complexity index is 992. The molecule has 0 saturated carbocycles. The van der Waals surface area contributed by atoms with E-state index in [4.69, 9.17) is 24.3 Å². The predicted octanol–water partition coefficient (Wildman–Crippen LogP) is 10.2. The van der Waals surface area contributed by atoms with Gasteiger partial charge in [0.2, 0.25) is 0 Å². The van der Waals surface area contributed by atoms with Gasteiger partial charge in [-0.05, 0) is 70.6 Å². The second-order valence-electron chi connectivity index (χ2n) is 12.1. The SMILES string of the molecule is CCC/C=C/C/C=C/C/C=C/C/C=C/CCCCCC(=O)OC[C@@H](COP(=O)(O)OCCN)OC(=O)CCCCCCC/C=C/CCCC. The van der Waals surface area contributed by atoms with Gasteiger partial charge in [-0.3, -0.25) is 18.6 Å². The van der Waals surface area contributed by atoms with Crippen molar-refractivity contribution in [3.63, 3.8) is 0 Å². The number of hydrogen-bond donors (Lipinski definition) is 2. The summed E-state index contributed by atoms with van der Waals surface area (Å²) in [4.78, 5) is 34.6. The van der Waals surface area contributed by atoms with E-state index in [0.717, 1.165) is 83.5 Å². The third kappa shape index (κ3) is 35.3. The molecule has 0 saturated heterocycles. The Labute approximate surface area is 298 Å². The topological polar surface area (TPSA) is 134 Å². The van der Waals surface area contributed by atoms with Crippen molar-refractivity contribution in [1.82, 2.24) is 0 Å². The van der Waals surface area contributed by atoms with Crippen LogP contribution in [0.3, 0.4) is 0 Å². The van der Waals surface area contributed by atoms with Gasteiger partial charge < -0.3 is 20.1 Å². The molecular formula is C39H68NO8P. The van der Waals surface area contributed by atoms with Gasteiger partial charge in [0, 0.05) is 19.4 Å².